The van der Waals surface area contributed by atoms with Gasteiger partial charge in [0.25, 0.3) is 11.8 Å². The minimum absolute atomic E-state index is 0.0551. The van der Waals surface area contributed by atoms with E-state index in [4.69, 9.17) is 4.98 Å². The minimum Gasteiger partial charge on any atom is -0.349 e. The molecule has 0 bridgehead atoms. The van der Waals surface area contributed by atoms with E-state index < -0.39 is 140 Å². The van der Waals surface area contributed by atoms with E-state index in [9.17, 15) is 63.1 Å². The Bertz CT molecular complexity index is 3460. The van der Waals surface area contributed by atoms with E-state index in [2.05, 4.69) is 46.6 Å². The molecule has 2 unspecified atom stereocenters. The van der Waals surface area contributed by atoms with E-state index in [1.165, 1.54) is 63.8 Å². The van der Waals surface area contributed by atoms with Crippen molar-refractivity contribution in [2.75, 3.05) is 0 Å². The number of nitrogens with zero attached hydrogens (tertiary/aromatic N) is 10. The van der Waals surface area contributed by atoms with E-state index in [1.54, 1.807) is 18.3 Å². The van der Waals surface area contributed by atoms with Crippen LogP contribution in [0.3, 0.4) is 0 Å². The van der Waals surface area contributed by atoms with Crippen molar-refractivity contribution < 1.29 is 76.3 Å². The quantitative estimate of drug-likeness (QED) is 0.0472. The molecule has 6 aromatic rings. The van der Waals surface area contributed by atoms with Gasteiger partial charge in [0.15, 0.2) is 17.2 Å². The van der Waals surface area contributed by atoms with Crippen molar-refractivity contribution in [2.45, 2.75) is 184 Å². The van der Waals surface area contributed by atoms with Crippen LogP contribution < -0.4 is 21.3 Å². The lowest BCUT2D eigenvalue weighted by molar-refractivity contribution is -0.284. The minimum atomic E-state index is -5.75. The fourth-order valence-electron chi connectivity index (χ4n) is 12.2. The van der Waals surface area contributed by atoms with Crippen LogP contribution in [0.5, 0.6) is 0 Å². The average molecular weight is 1260 g/mol. The maximum atomic E-state index is 15.1. The molecule has 4 fully saturated rings. The number of halogens is 13. The van der Waals surface area contributed by atoms with Crippen LogP contribution in [0.25, 0.3) is 11.3 Å². The molecule has 31 heteroatoms. The van der Waals surface area contributed by atoms with Gasteiger partial charge in [-0.25, -0.2) is 36.6 Å². The third-order valence-electron chi connectivity index (χ3n) is 17.3. The lowest BCUT2D eigenvalue weighted by Crippen LogP contribution is -2.41. The smallest absolute Gasteiger partial charge is 0.349 e. The standard InChI is InChI=1S/C57H65F13N14O4/c1-29(2)83-40(12-18-71-83)51(87)79-49(33-8-14-53(58,59)15-9-33)38-27-81-43(75-38)21-35(25-73-81)47(31-4-5-31)77-45(85)23-37(55(62,63)64)20-30(3)84-41(13-19-72-84)52(88)80-50(34-10-16-54(60,61)17-11-34)39-28-82-44(76-39)22-36(26-74-82)48(32-6-7-32)78-46(86)24-42(56(65,66)67)57(68,69)70/h12-13,18-19,21-22,25-34,37,42,47-50H,4-11,14-17,20,23-24H2,1-3H3,(H,77,85)(H,78,86)(H,79,87)(H,80,88)/t30?,37?,47-,48-,49+,50+/m1/s1. The van der Waals surface area contributed by atoms with Gasteiger partial charge >= 0.3 is 18.5 Å². The molecule has 6 atom stereocenters. The molecule has 10 rings (SSSR count). The second-order valence-corrected chi connectivity index (χ2v) is 24.4. The number of carbonyl (C=O) groups excluding carboxylic acids is 4. The molecule has 4 saturated carbocycles. The van der Waals surface area contributed by atoms with Gasteiger partial charge in [0.1, 0.15) is 11.4 Å². The molecule has 478 valence electrons. The monoisotopic (exact) mass is 1260 g/mol. The van der Waals surface area contributed by atoms with Crippen LogP contribution in [0.1, 0.15) is 197 Å². The highest BCUT2D eigenvalue weighted by Gasteiger charge is 2.57. The van der Waals surface area contributed by atoms with E-state index in [0.717, 1.165) is 4.68 Å². The van der Waals surface area contributed by atoms with Crippen LogP contribution in [-0.4, -0.2) is 103 Å². The summed E-state index contributed by atoms with van der Waals surface area (Å²) in [6, 6.07) is 0.689. The second kappa shape index (κ2) is 24.5. The zero-order valence-corrected chi connectivity index (χ0v) is 47.8. The average Bonchev–Trinajstić information content (AvgIpc) is 3.00. The fraction of sp³-hybridized carbons (Fsp3) is 0.614. The van der Waals surface area contributed by atoms with Gasteiger partial charge in [0.05, 0.1) is 72.3 Å². The third kappa shape index (κ3) is 14.9. The summed E-state index contributed by atoms with van der Waals surface area (Å²) in [7, 11) is 0. The summed E-state index contributed by atoms with van der Waals surface area (Å²) in [5, 5.41) is 28.1. The predicted octanol–water partition coefficient (Wildman–Crippen LogP) is 11.8. The Balaban J connectivity index is 0.830. The maximum absolute atomic E-state index is 15.1. The molecule has 88 heavy (non-hydrogen) atoms. The third-order valence-corrected chi connectivity index (χ3v) is 17.3. The first-order chi connectivity index (χ1) is 41.3. The Kier molecular flexibility index (Phi) is 17.8. The van der Waals surface area contributed by atoms with E-state index in [1.807, 2.05) is 13.8 Å². The van der Waals surface area contributed by atoms with Crippen LogP contribution in [0.4, 0.5) is 57.1 Å². The van der Waals surface area contributed by atoms with Gasteiger partial charge in [-0.05, 0) is 138 Å². The topological polar surface area (TPSA) is 212 Å². The van der Waals surface area contributed by atoms with Gasteiger partial charge in [-0.1, -0.05) is 0 Å². The van der Waals surface area contributed by atoms with E-state index in [-0.39, 0.29) is 90.3 Å². The molecule has 18 nitrogen and oxygen atoms in total. The van der Waals surface area contributed by atoms with Crippen molar-refractivity contribution >= 4 is 34.9 Å². The highest BCUT2D eigenvalue weighted by molar-refractivity contribution is 5.93. The summed E-state index contributed by atoms with van der Waals surface area (Å²) in [5.41, 5.74) is 1.44. The number of amides is 4. The van der Waals surface area contributed by atoms with Gasteiger partial charge in [-0.15, -0.1) is 0 Å². The molecule has 6 heterocycles. The molecule has 0 saturated heterocycles. The molecular weight excluding hydrogens is 1190 g/mol. The zero-order valence-electron chi connectivity index (χ0n) is 47.8. The summed E-state index contributed by atoms with van der Waals surface area (Å²) in [6.45, 7) is 5.07. The molecule has 0 spiro atoms. The largest absolute Gasteiger partial charge is 0.400 e. The molecule has 6 aromatic heterocycles. The lowest BCUT2D eigenvalue weighted by Gasteiger charge is -2.33. The summed E-state index contributed by atoms with van der Waals surface area (Å²) >= 11 is 0. The normalized spacial score (nSPS) is 20.0. The molecule has 4 amide bonds. The van der Waals surface area contributed by atoms with Crippen molar-refractivity contribution in [3.05, 3.63) is 95.3 Å². The van der Waals surface area contributed by atoms with Gasteiger partial charge in [-0.2, -0.15) is 59.9 Å². The molecule has 4 aliphatic rings. The Hall–Kier alpha value is -7.37. The summed E-state index contributed by atoms with van der Waals surface area (Å²) in [6.07, 6.45) is -11.5. The number of aromatic nitrogens is 10. The van der Waals surface area contributed by atoms with Gasteiger partial charge in [0, 0.05) is 57.0 Å². The van der Waals surface area contributed by atoms with Crippen LogP contribution in [0.15, 0.2) is 61.4 Å². The first kappa shape index (κ1) is 63.6. The van der Waals surface area contributed by atoms with Crippen LogP contribution in [0.2, 0.25) is 0 Å². The molecule has 4 N–H and O–H groups in total. The van der Waals surface area contributed by atoms with Gasteiger partial charge < -0.3 is 21.3 Å². The van der Waals surface area contributed by atoms with Crippen molar-refractivity contribution in [3.8, 4) is 0 Å². The summed E-state index contributed by atoms with van der Waals surface area (Å²) in [4.78, 5) is 64.1. The molecule has 0 aromatic carbocycles. The van der Waals surface area contributed by atoms with Crippen molar-refractivity contribution in [2.24, 2.45) is 35.5 Å². The van der Waals surface area contributed by atoms with E-state index >= 15 is 13.2 Å². The Morgan fingerprint density at radius 2 is 0.932 bits per heavy atom. The maximum Gasteiger partial charge on any atom is 0.400 e. The predicted molar refractivity (Wildman–Crippen MR) is 286 cm³/mol. The number of hydrogen-bond donors (Lipinski definition) is 4. The van der Waals surface area contributed by atoms with Gasteiger partial charge in [-0.3, -0.25) is 28.5 Å². The lowest BCUT2D eigenvalue weighted by atomic mass is 9.81. The number of imidazole rings is 2. The molecule has 0 aliphatic heterocycles. The zero-order chi connectivity index (χ0) is 63.4. The van der Waals surface area contributed by atoms with Crippen molar-refractivity contribution in [3.63, 3.8) is 0 Å². The van der Waals surface area contributed by atoms with Crippen LogP contribution in [0, 0.1) is 35.5 Å². The van der Waals surface area contributed by atoms with Gasteiger partial charge in [0.2, 0.25) is 23.7 Å². The summed E-state index contributed by atoms with van der Waals surface area (Å²) in [5.74, 6) is -17.5. The number of hydrogen-bond acceptors (Lipinski definition) is 10. The molecular formula is C57H65F13N14O4. The number of rotatable bonds is 22. The van der Waals surface area contributed by atoms with Crippen LogP contribution in [-0.2, 0) is 9.59 Å². The number of nitrogens with one attached hydrogen (secondary N) is 4. The molecule has 4 aliphatic carbocycles. The fourth-order valence-corrected chi connectivity index (χ4v) is 12.2. The summed E-state index contributed by atoms with van der Waals surface area (Å²) < 4.78 is 188. The van der Waals surface area contributed by atoms with Crippen molar-refractivity contribution in [1.82, 2.24) is 70.0 Å². The number of alkyl halides is 13. The Labute approximate surface area is 494 Å². The Morgan fingerprint density at radius 3 is 1.33 bits per heavy atom. The number of carbonyl (C=O) groups is 4. The Morgan fingerprint density at radius 1 is 0.534 bits per heavy atom. The molecule has 0 radical (unpaired) electrons. The van der Waals surface area contributed by atoms with Crippen molar-refractivity contribution in [1.29, 1.82) is 0 Å². The highest BCUT2D eigenvalue weighted by atomic mass is 19.4. The highest BCUT2D eigenvalue weighted by Crippen LogP contribution is 2.47. The SMILES string of the molecule is CC(C)n1nccc1C(=O)N[C@H](c1cn2ncc([C@H](NC(=O)CC(CC(C)n3nccc3C(=O)N[C@H](c3cn4ncc([C@H](NC(=O)CC(C(F)(F)F)C(F)(F)F)C5CC5)cc4n3)C3CCC(F)(F)CC3)C(F)(F)F)C3CC3)cc2n1)C1CCC(F)(F)CC1. The van der Waals surface area contributed by atoms with E-state index in [0.29, 0.717) is 36.9 Å². The first-order valence-corrected chi connectivity index (χ1v) is 29.2. The first-order valence-electron chi connectivity index (χ1n) is 29.2. The number of fused-ring (bicyclic) bond motifs is 2. The van der Waals surface area contributed by atoms with Crippen LogP contribution >= 0.6 is 0 Å². The second-order valence-electron chi connectivity index (χ2n) is 24.4.